The SMILES string of the molecule is CS(=O)(=O)N(CC(=O)N(Cc1ccccc1Cl)[C@@H](Cc1ccccc1)C(=O)NC1CCCC1)c1ccc(Oc2ccccc2)cc1. The van der Waals surface area contributed by atoms with Crippen molar-refractivity contribution in [2.45, 2.75) is 50.7 Å². The third-order valence-electron chi connectivity index (χ3n) is 8.05. The Labute approximate surface area is 276 Å². The molecule has 2 amide bonds. The van der Waals surface area contributed by atoms with E-state index in [1.165, 1.54) is 4.90 Å². The molecule has 1 aliphatic carbocycles. The van der Waals surface area contributed by atoms with E-state index in [0.717, 1.165) is 41.8 Å². The molecule has 0 unspecified atom stereocenters. The van der Waals surface area contributed by atoms with Crippen molar-refractivity contribution in [2.24, 2.45) is 0 Å². The van der Waals surface area contributed by atoms with E-state index in [2.05, 4.69) is 5.32 Å². The average Bonchev–Trinajstić information content (AvgIpc) is 3.56. The second-order valence-electron chi connectivity index (χ2n) is 11.5. The number of benzene rings is 4. The molecule has 1 atom stereocenters. The number of sulfonamides is 1. The van der Waals surface area contributed by atoms with Crippen LogP contribution < -0.4 is 14.4 Å². The zero-order valence-electron chi connectivity index (χ0n) is 25.7. The van der Waals surface area contributed by atoms with Gasteiger partial charge in [-0.05, 0) is 66.4 Å². The van der Waals surface area contributed by atoms with Gasteiger partial charge in [0.2, 0.25) is 21.8 Å². The summed E-state index contributed by atoms with van der Waals surface area (Å²) in [6.45, 7) is -0.486. The molecule has 1 N–H and O–H groups in total. The number of ether oxygens (including phenoxy) is 1. The lowest BCUT2D eigenvalue weighted by molar-refractivity contribution is -0.140. The summed E-state index contributed by atoms with van der Waals surface area (Å²) in [5.74, 6) is 0.351. The molecule has 5 rings (SSSR count). The molecule has 240 valence electrons. The smallest absolute Gasteiger partial charge is 0.244 e. The number of anilines is 1. The van der Waals surface area contributed by atoms with E-state index in [1.807, 2.05) is 66.7 Å². The molecular weight excluding hydrogens is 622 g/mol. The Balaban J connectivity index is 1.46. The van der Waals surface area contributed by atoms with Crippen LogP contribution in [0.5, 0.6) is 11.5 Å². The number of hydrogen-bond donors (Lipinski definition) is 1. The Morgan fingerprint density at radius 1 is 0.848 bits per heavy atom. The summed E-state index contributed by atoms with van der Waals surface area (Å²) in [5.41, 5.74) is 1.82. The van der Waals surface area contributed by atoms with Gasteiger partial charge in [0.15, 0.2) is 0 Å². The summed E-state index contributed by atoms with van der Waals surface area (Å²) >= 11 is 6.55. The monoisotopic (exact) mass is 659 g/mol. The van der Waals surface area contributed by atoms with E-state index in [1.54, 1.807) is 42.5 Å². The summed E-state index contributed by atoms with van der Waals surface area (Å²) in [6, 6.07) is 31.5. The summed E-state index contributed by atoms with van der Waals surface area (Å²) < 4.78 is 33.2. The van der Waals surface area contributed by atoms with Crippen LogP contribution in [0.3, 0.4) is 0 Å². The number of amides is 2. The van der Waals surface area contributed by atoms with E-state index in [9.17, 15) is 18.0 Å². The van der Waals surface area contributed by atoms with Crippen molar-refractivity contribution in [2.75, 3.05) is 17.1 Å². The van der Waals surface area contributed by atoms with Crippen LogP contribution in [0.4, 0.5) is 5.69 Å². The first-order valence-corrected chi connectivity index (χ1v) is 17.6. The van der Waals surface area contributed by atoms with Crippen molar-refractivity contribution in [1.82, 2.24) is 10.2 Å². The van der Waals surface area contributed by atoms with Gasteiger partial charge < -0.3 is 15.0 Å². The maximum absolute atomic E-state index is 14.3. The van der Waals surface area contributed by atoms with Gasteiger partial charge in [0.1, 0.15) is 24.1 Å². The first-order chi connectivity index (χ1) is 22.2. The molecule has 0 bridgehead atoms. The quantitative estimate of drug-likeness (QED) is 0.175. The zero-order valence-corrected chi connectivity index (χ0v) is 27.3. The van der Waals surface area contributed by atoms with Crippen molar-refractivity contribution >= 4 is 39.1 Å². The molecule has 46 heavy (non-hydrogen) atoms. The van der Waals surface area contributed by atoms with E-state index in [4.69, 9.17) is 16.3 Å². The fourth-order valence-electron chi connectivity index (χ4n) is 5.65. The molecule has 0 spiro atoms. The predicted octanol–water partition coefficient (Wildman–Crippen LogP) is 6.60. The first-order valence-electron chi connectivity index (χ1n) is 15.4. The van der Waals surface area contributed by atoms with Crippen molar-refractivity contribution < 1.29 is 22.7 Å². The summed E-state index contributed by atoms with van der Waals surface area (Å²) in [6.07, 6.45) is 5.15. The molecule has 4 aromatic rings. The van der Waals surface area contributed by atoms with Crippen LogP contribution in [0.15, 0.2) is 109 Å². The second kappa shape index (κ2) is 15.3. The fourth-order valence-corrected chi connectivity index (χ4v) is 6.70. The van der Waals surface area contributed by atoms with E-state index < -0.39 is 28.5 Å². The van der Waals surface area contributed by atoms with Gasteiger partial charge in [0, 0.05) is 24.0 Å². The van der Waals surface area contributed by atoms with Crippen LogP contribution in [0, 0.1) is 0 Å². The highest BCUT2D eigenvalue weighted by molar-refractivity contribution is 7.92. The minimum absolute atomic E-state index is 0.0234. The first kappa shape index (κ1) is 33.0. The fraction of sp³-hybridized carbons (Fsp3) is 0.278. The maximum Gasteiger partial charge on any atom is 0.244 e. The van der Waals surface area contributed by atoms with Crippen LogP contribution in [0.2, 0.25) is 5.02 Å². The molecule has 1 fully saturated rings. The highest BCUT2D eigenvalue weighted by Crippen LogP contribution is 2.27. The molecular formula is C36H38ClN3O5S. The van der Waals surface area contributed by atoms with E-state index >= 15 is 0 Å². The molecule has 1 saturated carbocycles. The number of hydrogen-bond acceptors (Lipinski definition) is 5. The van der Waals surface area contributed by atoms with Gasteiger partial charge in [-0.25, -0.2) is 8.42 Å². The molecule has 0 aliphatic heterocycles. The van der Waals surface area contributed by atoms with Gasteiger partial charge >= 0.3 is 0 Å². The normalized spacial score (nSPS) is 14.0. The van der Waals surface area contributed by atoms with Crippen molar-refractivity contribution in [3.63, 3.8) is 0 Å². The van der Waals surface area contributed by atoms with Gasteiger partial charge in [0.05, 0.1) is 11.9 Å². The van der Waals surface area contributed by atoms with Crippen molar-refractivity contribution in [3.05, 3.63) is 125 Å². The molecule has 8 nitrogen and oxygen atoms in total. The number of carbonyl (C=O) groups excluding carboxylic acids is 2. The predicted molar refractivity (Wildman–Crippen MR) is 181 cm³/mol. The lowest BCUT2D eigenvalue weighted by Crippen LogP contribution is -2.54. The maximum atomic E-state index is 14.3. The number of carbonyl (C=O) groups is 2. The van der Waals surface area contributed by atoms with Crippen LogP contribution in [-0.2, 0) is 32.6 Å². The van der Waals surface area contributed by atoms with Crippen molar-refractivity contribution in [3.8, 4) is 11.5 Å². The third kappa shape index (κ3) is 8.89. The molecule has 4 aromatic carbocycles. The van der Waals surface area contributed by atoms with Crippen LogP contribution in [-0.4, -0.2) is 50.0 Å². The molecule has 0 saturated heterocycles. The summed E-state index contributed by atoms with van der Waals surface area (Å²) in [5, 5.41) is 3.61. The van der Waals surface area contributed by atoms with E-state index in [0.29, 0.717) is 27.8 Å². The average molecular weight is 660 g/mol. The van der Waals surface area contributed by atoms with Crippen molar-refractivity contribution in [1.29, 1.82) is 0 Å². The number of nitrogens with zero attached hydrogens (tertiary/aromatic N) is 2. The standard InChI is InChI=1S/C36H38ClN3O5S/c1-46(43,44)40(30-20-22-32(23-21-30)45-31-17-6-3-7-18-31)26-35(41)39(25-28-14-8-11-19-33(28)37)34(24-27-12-4-2-5-13-27)36(42)38-29-15-9-10-16-29/h2-8,11-14,17-23,29,34H,9-10,15-16,24-26H2,1H3,(H,38,42)/t34-/m0/s1. The Kier molecular flexibility index (Phi) is 11.0. The zero-order chi connectivity index (χ0) is 32.5. The molecule has 0 radical (unpaired) electrons. The topological polar surface area (TPSA) is 96.0 Å². The van der Waals surface area contributed by atoms with Gasteiger partial charge in [-0.1, -0.05) is 91.2 Å². The van der Waals surface area contributed by atoms with Crippen LogP contribution in [0.25, 0.3) is 0 Å². The Bertz CT molecular complexity index is 1710. The Hall–Kier alpha value is -4.34. The van der Waals surface area contributed by atoms with Crippen LogP contribution >= 0.6 is 11.6 Å². The third-order valence-corrected chi connectivity index (χ3v) is 9.56. The molecule has 0 aromatic heterocycles. The summed E-state index contributed by atoms with van der Waals surface area (Å²) in [7, 11) is -3.90. The molecule has 10 heteroatoms. The number of para-hydroxylation sites is 1. The Morgan fingerprint density at radius 3 is 2.07 bits per heavy atom. The lowest BCUT2D eigenvalue weighted by atomic mass is 10.0. The highest BCUT2D eigenvalue weighted by atomic mass is 35.5. The second-order valence-corrected chi connectivity index (χ2v) is 13.8. The van der Waals surface area contributed by atoms with Gasteiger partial charge in [-0.2, -0.15) is 0 Å². The molecule has 1 aliphatic rings. The van der Waals surface area contributed by atoms with Gasteiger partial charge in [0.25, 0.3) is 0 Å². The van der Waals surface area contributed by atoms with Gasteiger partial charge in [-0.15, -0.1) is 0 Å². The summed E-state index contributed by atoms with van der Waals surface area (Å²) in [4.78, 5) is 29.8. The number of rotatable bonds is 13. The Morgan fingerprint density at radius 2 is 1.43 bits per heavy atom. The number of halogens is 1. The lowest BCUT2D eigenvalue weighted by Gasteiger charge is -2.34. The van der Waals surface area contributed by atoms with Gasteiger partial charge in [-0.3, -0.25) is 13.9 Å². The minimum atomic E-state index is -3.90. The highest BCUT2D eigenvalue weighted by Gasteiger charge is 2.34. The van der Waals surface area contributed by atoms with E-state index in [-0.39, 0.29) is 24.9 Å². The minimum Gasteiger partial charge on any atom is -0.457 e. The largest absolute Gasteiger partial charge is 0.457 e. The molecule has 0 heterocycles. The van der Waals surface area contributed by atoms with Crippen LogP contribution in [0.1, 0.15) is 36.8 Å². The number of nitrogens with one attached hydrogen (secondary N) is 1.